The second-order valence-electron chi connectivity index (χ2n) is 8.33. The molecule has 0 spiro atoms. The summed E-state index contributed by atoms with van der Waals surface area (Å²) in [4.78, 5) is 15.6. The molecule has 0 radical (unpaired) electrons. The summed E-state index contributed by atoms with van der Waals surface area (Å²) < 4.78 is 15.5. The lowest BCUT2D eigenvalue weighted by Gasteiger charge is -2.32. The Kier molecular flexibility index (Phi) is 6.49. The molecule has 164 valence electrons. The van der Waals surface area contributed by atoms with Gasteiger partial charge < -0.3 is 19.7 Å². The molecule has 0 aliphatic carbocycles. The van der Waals surface area contributed by atoms with Crippen LogP contribution in [0.4, 0.5) is 9.18 Å². The fourth-order valence-electron chi connectivity index (χ4n) is 4.31. The fraction of sp³-hybridized carbons (Fsp3) is 0.375. The Balaban J connectivity index is 1.49. The van der Waals surface area contributed by atoms with Gasteiger partial charge in [0, 0.05) is 49.5 Å². The maximum atomic E-state index is 13.4. The van der Waals surface area contributed by atoms with E-state index >= 15 is 0 Å². The van der Waals surface area contributed by atoms with E-state index in [1.165, 1.54) is 23.1 Å². The summed E-state index contributed by atoms with van der Waals surface area (Å²) >= 11 is 6.29. The van der Waals surface area contributed by atoms with Crippen molar-refractivity contribution in [2.75, 3.05) is 40.3 Å². The molecule has 2 heterocycles. The molecule has 5 nitrogen and oxygen atoms in total. The van der Waals surface area contributed by atoms with Crippen LogP contribution in [-0.4, -0.2) is 60.7 Å². The Morgan fingerprint density at radius 1 is 1.16 bits per heavy atom. The second-order valence-corrected chi connectivity index (χ2v) is 8.77. The van der Waals surface area contributed by atoms with Crippen LogP contribution in [0.5, 0.6) is 0 Å². The van der Waals surface area contributed by atoms with Crippen LogP contribution < -0.4 is 5.32 Å². The largest absolute Gasteiger partial charge is 0.337 e. The number of carbonyl (C=O) groups excluding carboxylic acids is 1. The van der Waals surface area contributed by atoms with E-state index in [-0.39, 0.29) is 11.8 Å². The number of urea groups is 1. The van der Waals surface area contributed by atoms with Gasteiger partial charge in [0.2, 0.25) is 0 Å². The summed E-state index contributed by atoms with van der Waals surface area (Å²) in [6, 6.07) is 12.5. The first kappa shape index (κ1) is 21.7. The maximum Gasteiger partial charge on any atom is 0.316 e. The van der Waals surface area contributed by atoms with Crippen molar-refractivity contribution in [2.24, 2.45) is 0 Å². The minimum Gasteiger partial charge on any atom is -0.337 e. The van der Waals surface area contributed by atoms with E-state index in [2.05, 4.69) is 27.0 Å². The number of carbonyl (C=O) groups is 1. The van der Waals surface area contributed by atoms with Crippen LogP contribution in [-0.2, 0) is 0 Å². The van der Waals surface area contributed by atoms with Crippen molar-refractivity contribution in [3.05, 3.63) is 65.1 Å². The quantitative estimate of drug-likeness (QED) is 0.612. The average Bonchev–Trinajstić information content (AvgIpc) is 3.13. The molecule has 0 atom stereocenters. The molecule has 2 aromatic carbocycles. The molecule has 1 aliphatic rings. The molecule has 0 unspecified atom stereocenters. The number of hydrogen-bond acceptors (Lipinski definition) is 2. The van der Waals surface area contributed by atoms with Gasteiger partial charge in [0.15, 0.2) is 0 Å². The molecule has 1 fully saturated rings. The first-order valence-electron chi connectivity index (χ1n) is 10.7. The van der Waals surface area contributed by atoms with E-state index in [1.54, 1.807) is 31.1 Å². The second kappa shape index (κ2) is 9.28. The van der Waals surface area contributed by atoms with E-state index in [4.69, 9.17) is 11.6 Å². The highest BCUT2D eigenvalue weighted by molar-refractivity contribution is 6.31. The third kappa shape index (κ3) is 4.86. The van der Waals surface area contributed by atoms with Crippen molar-refractivity contribution in [1.29, 1.82) is 0 Å². The van der Waals surface area contributed by atoms with Gasteiger partial charge in [-0.15, -0.1) is 0 Å². The number of hydrogen-bond donors (Lipinski definition) is 1. The number of rotatable bonds is 5. The third-order valence-electron chi connectivity index (χ3n) is 6.04. The summed E-state index contributed by atoms with van der Waals surface area (Å²) in [5.41, 5.74) is 3.29. The number of halogens is 2. The lowest BCUT2D eigenvalue weighted by molar-refractivity contribution is 0.200. The van der Waals surface area contributed by atoms with E-state index < -0.39 is 0 Å². The zero-order valence-corrected chi connectivity index (χ0v) is 18.7. The highest BCUT2D eigenvalue weighted by atomic mass is 35.5. The molecule has 3 aromatic rings. The molecular weight excluding hydrogens is 415 g/mol. The Morgan fingerprint density at radius 3 is 2.55 bits per heavy atom. The molecule has 0 bridgehead atoms. The summed E-state index contributed by atoms with van der Waals surface area (Å²) in [6.07, 6.45) is 4.31. The number of nitrogens with zero attached hydrogens (tertiary/aromatic N) is 3. The highest BCUT2D eigenvalue weighted by Crippen LogP contribution is 2.36. The standard InChI is InChI=1S/C24H28ClFN4O/c1-28(2)24(31)27-11-14-29-12-9-17(10-13-29)22-16-30(20-6-4-19(26)5-7-20)23-15-18(25)3-8-21(22)23/h3-8,15-17H,9-14H2,1-2H3,(H,27,31). The number of likely N-dealkylation sites (tertiary alicyclic amines) is 1. The molecule has 1 aliphatic heterocycles. The number of aromatic nitrogens is 1. The minimum absolute atomic E-state index is 0.0536. The van der Waals surface area contributed by atoms with E-state index in [0.29, 0.717) is 17.5 Å². The predicted octanol–water partition coefficient (Wildman–Crippen LogP) is 4.87. The van der Waals surface area contributed by atoms with Crippen LogP contribution in [0, 0.1) is 5.82 Å². The average molecular weight is 443 g/mol. The normalized spacial score (nSPS) is 15.4. The summed E-state index contributed by atoms with van der Waals surface area (Å²) in [5, 5.41) is 4.82. The van der Waals surface area contributed by atoms with Crippen molar-refractivity contribution in [3.8, 4) is 5.69 Å². The number of nitrogens with one attached hydrogen (secondary N) is 1. The molecule has 7 heteroatoms. The van der Waals surface area contributed by atoms with Crippen molar-refractivity contribution in [2.45, 2.75) is 18.8 Å². The molecular formula is C24H28ClFN4O. The van der Waals surface area contributed by atoms with E-state index in [1.807, 2.05) is 12.1 Å². The molecule has 1 aromatic heterocycles. The van der Waals surface area contributed by atoms with Gasteiger partial charge >= 0.3 is 6.03 Å². The number of piperidine rings is 1. The van der Waals surface area contributed by atoms with Gasteiger partial charge in [-0.2, -0.15) is 0 Å². The van der Waals surface area contributed by atoms with E-state index in [0.717, 1.165) is 43.7 Å². The monoisotopic (exact) mass is 442 g/mol. The minimum atomic E-state index is -0.243. The third-order valence-corrected chi connectivity index (χ3v) is 6.28. The highest BCUT2D eigenvalue weighted by Gasteiger charge is 2.24. The van der Waals surface area contributed by atoms with Gasteiger partial charge in [-0.3, -0.25) is 0 Å². The SMILES string of the molecule is CN(C)C(=O)NCCN1CCC(c2cn(-c3ccc(F)cc3)c3cc(Cl)ccc23)CC1. The zero-order chi connectivity index (χ0) is 22.0. The van der Waals surface area contributed by atoms with Crippen LogP contribution in [0.25, 0.3) is 16.6 Å². The van der Waals surface area contributed by atoms with Crippen LogP contribution in [0.2, 0.25) is 5.02 Å². The Labute approximate surface area is 187 Å². The number of fused-ring (bicyclic) bond motifs is 1. The summed E-state index contributed by atoms with van der Waals surface area (Å²) in [7, 11) is 3.49. The smallest absolute Gasteiger partial charge is 0.316 e. The van der Waals surface area contributed by atoms with Gasteiger partial charge in [-0.25, -0.2) is 9.18 Å². The lowest BCUT2D eigenvalue weighted by Crippen LogP contribution is -2.42. The summed E-state index contributed by atoms with van der Waals surface area (Å²) in [6.45, 7) is 3.52. The van der Waals surface area contributed by atoms with Gasteiger partial charge in [0.25, 0.3) is 0 Å². The molecule has 1 saturated heterocycles. The number of benzene rings is 2. The molecule has 2 amide bonds. The Hall–Kier alpha value is -2.57. The Morgan fingerprint density at radius 2 is 1.87 bits per heavy atom. The van der Waals surface area contributed by atoms with Crippen molar-refractivity contribution < 1.29 is 9.18 Å². The van der Waals surface area contributed by atoms with E-state index in [9.17, 15) is 9.18 Å². The first-order chi connectivity index (χ1) is 14.9. The predicted molar refractivity (Wildman–Crippen MR) is 124 cm³/mol. The van der Waals surface area contributed by atoms with Crippen LogP contribution in [0.15, 0.2) is 48.7 Å². The van der Waals surface area contributed by atoms with Gasteiger partial charge in [-0.1, -0.05) is 17.7 Å². The van der Waals surface area contributed by atoms with Crippen LogP contribution >= 0.6 is 11.6 Å². The van der Waals surface area contributed by atoms with Crippen LogP contribution in [0.3, 0.4) is 0 Å². The van der Waals surface area contributed by atoms with Crippen molar-refractivity contribution in [1.82, 2.24) is 19.7 Å². The fourth-order valence-corrected chi connectivity index (χ4v) is 4.48. The molecule has 4 rings (SSSR count). The molecule has 0 saturated carbocycles. The molecule has 1 N–H and O–H groups in total. The zero-order valence-electron chi connectivity index (χ0n) is 17.9. The van der Waals surface area contributed by atoms with Gasteiger partial charge in [0.05, 0.1) is 5.52 Å². The van der Waals surface area contributed by atoms with Crippen molar-refractivity contribution >= 4 is 28.5 Å². The van der Waals surface area contributed by atoms with Crippen molar-refractivity contribution in [3.63, 3.8) is 0 Å². The van der Waals surface area contributed by atoms with Gasteiger partial charge in [0.1, 0.15) is 5.82 Å². The van der Waals surface area contributed by atoms with Gasteiger partial charge in [-0.05, 0) is 73.8 Å². The number of amides is 2. The lowest BCUT2D eigenvalue weighted by atomic mass is 9.89. The molecule has 31 heavy (non-hydrogen) atoms. The first-order valence-corrected chi connectivity index (χ1v) is 11.0. The topological polar surface area (TPSA) is 40.5 Å². The summed E-state index contributed by atoms with van der Waals surface area (Å²) in [5.74, 6) is 0.214. The maximum absolute atomic E-state index is 13.4. The van der Waals surface area contributed by atoms with Crippen LogP contribution in [0.1, 0.15) is 24.3 Å². The Bertz CT molecular complexity index is 1060.